The van der Waals surface area contributed by atoms with Crippen LogP contribution in [0.15, 0.2) is 24.5 Å². The lowest BCUT2D eigenvalue weighted by Gasteiger charge is -2.17. The number of ether oxygens (including phenoxy) is 1. The monoisotopic (exact) mass is 462 g/mol. The fraction of sp³-hybridized carbons (Fsp3) is 0.316. The fourth-order valence-electron chi connectivity index (χ4n) is 3.08. The summed E-state index contributed by atoms with van der Waals surface area (Å²) in [6.07, 6.45) is 2.79. The predicted octanol–water partition coefficient (Wildman–Crippen LogP) is 4.55. The zero-order valence-electron chi connectivity index (χ0n) is 17.2. The van der Waals surface area contributed by atoms with E-state index in [1.54, 1.807) is 30.0 Å². The van der Waals surface area contributed by atoms with Crippen LogP contribution in [0.5, 0.6) is 0 Å². The van der Waals surface area contributed by atoms with E-state index in [1.165, 1.54) is 10.7 Å². The first kappa shape index (κ1) is 21.3. The minimum atomic E-state index is -0.497. The van der Waals surface area contributed by atoms with Gasteiger partial charge in [-0.25, -0.2) is 23.8 Å². The molecule has 2 amide bonds. The molecular weight excluding hydrogens is 443 g/mol. The standard InChI is InChI=1S/C19H20Cl2N8O2/c1-9(2)17-25-18-12(20)5-11(8-28(18)27-17)23-19(30)24-13-7-22-15-6-14(21)26-29(15)16(13)10(3)31-4/h5-10H,1-4H3,(H2,23,24,30)/t10-/m0/s1. The van der Waals surface area contributed by atoms with Gasteiger partial charge in [0.15, 0.2) is 22.3 Å². The highest BCUT2D eigenvalue weighted by atomic mass is 35.5. The highest BCUT2D eigenvalue weighted by Gasteiger charge is 2.19. The van der Waals surface area contributed by atoms with E-state index < -0.39 is 6.03 Å². The molecule has 4 heterocycles. The minimum absolute atomic E-state index is 0.148. The molecule has 1 atom stereocenters. The SMILES string of the molecule is CO[C@@H](C)c1c(NC(=O)Nc2cc(Cl)c3nc(C(C)C)nn3c2)cnc2cc(Cl)nn12. The predicted molar refractivity (Wildman–Crippen MR) is 118 cm³/mol. The lowest BCUT2D eigenvalue weighted by molar-refractivity contribution is 0.114. The number of nitrogens with one attached hydrogen (secondary N) is 2. The number of urea groups is 1. The summed E-state index contributed by atoms with van der Waals surface area (Å²) in [5.41, 5.74) is 2.54. The lowest BCUT2D eigenvalue weighted by Crippen LogP contribution is -2.22. The molecule has 0 aliphatic carbocycles. The van der Waals surface area contributed by atoms with Crippen molar-refractivity contribution in [3.05, 3.63) is 46.2 Å². The lowest BCUT2D eigenvalue weighted by atomic mass is 10.2. The quantitative estimate of drug-likeness (QED) is 0.449. The Bertz CT molecular complexity index is 1280. The molecular formula is C19H20Cl2N8O2. The van der Waals surface area contributed by atoms with E-state index in [2.05, 4.69) is 30.8 Å². The highest BCUT2D eigenvalue weighted by Crippen LogP contribution is 2.27. The van der Waals surface area contributed by atoms with Crippen molar-refractivity contribution < 1.29 is 9.53 Å². The largest absolute Gasteiger partial charge is 0.375 e. The van der Waals surface area contributed by atoms with E-state index in [0.29, 0.717) is 39.2 Å². The number of fused-ring (bicyclic) bond motifs is 2. The molecule has 4 aromatic rings. The molecule has 162 valence electrons. The second kappa shape index (κ2) is 8.29. The van der Waals surface area contributed by atoms with Crippen molar-refractivity contribution in [3.8, 4) is 0 Å². The van der Waals surface area contributed by atoms with Gasteiger partial charge in [0.1, 0.15) is 0 Å². The van der Waals surface area contributed by atoms with Crippen LogP contribution in [0.25, 0.3) is 11.3 Å². The van der Waals surface area contributed by atoms with Crippen molar-refractivity contribution in [2.45, 2.75) is 32.8 Å². The Morgan fingerprint density at radius 3 is 2.65 bits per heavy atom. The van der Waals surface area contributed by atoms with Crippen LogP contribution < -0.4 is 10.6 Å². The fourth-order valence-corrected chi connectivity index (χ4v) is 3.50. The number of methoxy groups -OCH3 is 1. The van der Waals surface area contributed by atoms with Crippen LogP contribution in [0.4, 0.5) is 16.2 Å². The number of rotatable bonds is 5. The van der Waals surface area contributed by atoms with Crippen molar-refractivity contribution in [3.63, 3.8) is 0 Å². The first-order valence-corrected chi connectivity index (χ1v) is 10.2. The Morgan fingerprint density at radius 2 is 1.94 bits per heavy atom. The van der Waals surface area contributed by atoms with Gasteiger partial charge in [0, 0.05) is 19.1 Å². The van der Waals surface area contributed by atoms with Gasteiger partial charge in [-0.2, -0.15) is 10.2 Å². The maximum Gasteiger partial charge on any atom is 0.323 e. The average molecular weight is 463 g/mol. The van der Waals surface area contributed by atoms with Gasteiger partial charge in [-0.1, -0.05) is 37.0 Å². The third-order valence-electron chi connectivity index (χ3n) is 4.66. The number of hydrogen-bond acceptors (Lipinski definition) is 6. The van der Waals surface area contributed by atoms with Crippen LogP contribution in [0.3, 0.4) is 0 Å². The van der Waals surface area contributed by atoms with Gasteiger partial charge >= 0.3 is 6.03 Å². The molecule has 0 saturated heterocycles. The number of carbonyl (C=O) groups is 1. The van der Waals surface area contributed by atoms with Crippen molar-refractivity contribution in [1.29, 1.82) is 0 Å². The first-order chi connectivity index (χ1) is 14.8. The summed E-state index contributed by atoms with van der Waals surface area (Å²) in [5.74, 6) is 0.814. The van der Waals surface area contributed by atoms with Crippen molar-refractivity contribution >= 4 is 51.9 Å². The van der Waals surface area contributed by atoms with Crippen molar-refractivity contribution in [2.75, 3.05) is 17.7 Å². The Kier molecular flexibility index (Phi) is 5.69. The van der Waals surface area contributed by atoms with E-state index in [1.807, 2.05) is 20.8 Å². The number of halogens is 2. The third-order valence-corrected chi connectivity index (χ3v) is 5.12. The Hall–Kier alpha value is -2.95. The molecule has 0 spiro atoms. The number of aromatic nitrogens is 6. The summed E-state index contributed by atoms with van der Waals surface area (Å²) in [7, 11) is 1.56. The van der Waals surface area contributed by atoms with Crippen LogP contribution >= 0.6 is 23.2 Å². The zero-order valence-corrected chi connectivity index (χ0v) is 18.7. The number of nitrogens with zero attached hydrogens (tertiary/aromatic N) is 6. The summed E-state index contributed by atoms with van der Waals surface area (Å²) < 4.78 is 8.53. The van der Waals surface area contributed by atoms with Gasteiger partial charge < -0.3 is 15.4 Å². The Balaban J connectivity index is 1.62. The molecule has 0 aromatic carbocycles. The molecule has 0 bridgehead atoms. The first-order valence-electron chi connectivity index (χ1n) is 9.47. The Labute approximate surface area is 187 Å². The third kappa shape index (κ3) is 4.14. The van der Waals surface area contributed by atoms with E-state index in [4.69, 9.17) is 27.9 Å². The number of amides is 2. The van der Waals surface area contributed by atoms with Crippen LogP contribution in [0.2, 0.25) is 10.2 Å². The number of anilines is 2. The summed E-state index contributed by atoms with van der Waals surface area (Å²) in [4.78, 5) is 21.4. The summed E-state index contributed by atoms with van der Waals surface area (Å²) in [6, 6.07) is 2.74. The second-order valence-corrected chi connectivity index (χ2v) is 8.02. The highest BCUT2D eigenvalue weighted by molar-refractivity contribution is 6.33. The molecule has 0 radical (unpaired) electrons. The number of carbonyl (C=O) groups excluding carboxylic acids is 1. The zero-order chi connectivity index (χ0) is 22.3. The molecule has 12 heteroatoms. The molecule has 10 nitrogen and oxygen atoms in total. The summed E-state index contributed by atoms with van der Waals surface area (Å²) in [6.45, 7) is 5.81. The van der Waals surface area contributed by atoms with Crippen molar-refractivity contribution in [1.82, 2.24) is 29.2 Å². The normalized spacial score (nSPS) is 12.6. The molecule has 0 saturated carbocycles. The van der Waals surface area contributed by atoms with E-state index in [0.717, 1.165) is 0 Å². The van der Waals surface area contributed by atoms with E-state index >= 15 is 0 Å². The molecule has 4 rings (SSSR count). The van der Waals surface area contributed by atoms with Gasteiger partial charge in [-0.05, 0) is 13.0 Å². The van der Waals surface area contributed by atoms with Crippen LogP contribution in [-0.2, 0) is 4.74 Å². The molecule has 0 unspecified atom stereocenters. The molecule has 2 N–H and O–H groups in total. The van der Waals surface area contributed by atoms with Gasteiger partial charge in [0.25, 0.3) is 0 Å². The van der Waals surface area contributed by atoms with Gasteiger partial charge in [-0.3, -0.25) is 0 Å². The molecule has 0 aliphatic heterocycles. The van der Waals surface area contributed by atoms with Gasteiger partial charge in [0.2, 0.25) is 0 Å². The molecule has 31 heavy (non-hydrogen) atoms. The second-order valence-electron chi connectivity index (χ2n) is 7.22. The number of pyridine rings is 1. The number of hydrogen-bond donors (Lipinski definition) is 2. The average Bonchev–Trinajstić information content (AvgIpc) is 3.30. The van der Waals surface area contributed by atoms with Crippen LogP contribution in [-0.4, -0.2) is 42.3 Å². The minimum Gasteiger partial charge on any atom is -0.375 e. The Morgan fingerprint density at radius 1 is 1.16 bits per heavy atom. The molecule has 0 fully saturated rings. The van der Waals surface area contributed by atoms with Crippen LogP contribution in [0.1, 0.15) is 44.3 Å². The van der Waals surface area contributed by atoms with E-state index in [9.17, 15) is 4.79 Å². The van der Waals surface area contributed by atoms with E-state index in [-0.39, 0.29) is 17.2 Å². The van der Waals surface area contributed by atoms with Crippen molar-refractivity contribution in [2.24, 2.45) is 0 Å². The topological polar surface area (TPSA) is 111 Å². The van der Waals surface area contributed by atoms with Crippen LogP contribution in [0, 0.1) is 0 Å². The maximum atomic E-state index is 12.7. The van der Waals surface area contributed by atoms with Gasteiger partial charge in [-0.15, -0.1) is 0 Å². The smallest absolute Gasteiger partial charge is 0.323 e. The van der Waals surface area contributed by atoms with Gasteiger partial charge in [0.05, 0.1) is 40.6 Å². The maximum absolute atomic E-state index is 12.7. The molecule has 4 aromatic heterocycles. The summed E-state index contributed by atoms with van der Waals surface area (Å²) >= 11 is 12.3. The summed E-state index contributed by atoms with van der Waals surface area (Å²) in [5, 5.41) is 14.8. The molecule has 0 aliphatic rings.